The van der Waals surface area contributed by atoms with Crippen molar-refractivity contribution in [2.45, 2.75) is 18.8 Å². The highest BCUT2D eigenvalue weighted by molar-refractivity contribution is 6.67. The minimum absolute atomic E-state index is 0.133. The number of fused-ring (bicyclic) bond motifs is 3. The van der Waals surface area contributed by atoms with Crippen molar-refractivity contribution in [2.75, 3.05) is 26.2 Å². The van der Waals surface area contributed by atoms with Crippen molar-refractivity contribution in [3.63, 3.8) is 0 Å². The molecule has 0 bridgehead atoms. The summed E-state index contributed by atoms with van der Waals surface area (Å²) in [7, 11) is 0. The lowest BCUT2D eigenvalue weighted by atomic mass is 9.89. The van der Waals surface area contributed by atoms with Crippen LogP contribution in [-0.4, -0.2) is 57.2 Å². The maximum Gasteiger partial charge on any atom is 0.270 e. The predicted molar refractivity (Wildman–Crippen MR) is 173 cm³/mol. The SMILES string of the molecule is O=C(Cl)c1ccc2ccccc2n1.O=C(NCCN1CCC(c2c[nH]c3cc(F)ccc23)CC1)c1ccc2ccccc2n1. The topological polar surface area (TPSA) is 91.0 Å². The molecule has 0 saturated carbocycles. The molecule has 9 heteroatoms. The van der Waals surface area contributed by atoms with E-state index in [4.69, 9.17) is 11.6 Å². The van der Waals surface area contributed by atoms with E-state index in [9.17, 15) is 14.0 Å². The average molecular weight is 608 g/mol. The third kappa shape index (κ3) is 6.77. The summed E-state index contributed by atoms with van der Waals surface area (Å²) in [5.41, 5.74) is 4.51. The first-order valence-electron chi connectivity index (χ1n) is 14.6. The van der Waals surface area contributed by atoms with E-state index >= 15 is 0 Å². The van der Waals surface area contributed by atoms with Crippen LogP contribution in [0.3, 0.4) is 0 Å². The summed E-state index contributed by atoms with van der Waals surface area (Å²) < 4.78 is 13.4. The fourth-order valence-corrected chi connectivity index (χ4v) is 5.82. The first kappa shape index (κ1) is 29.4. The molecule has 0 atom stereocenters. The van der Waals surface area contributed by atoms with Crippen LogP contribution in [-0.2, 0) is 0 Å². The van der Waals surface area contributed by atoms with E-state index in [1.54, 1.807) is 18.2 Å². The van der Waals surface area contributed by atoms with Gasteiger partial charge in [0, 0.05) is 41.0 Å². The molecule has 222 valence electrons. The highest BCUT2D eigenvalue weighted by atomic mass is 35.5. The number of para-hydroxylation sites is 2. The van der Waals surface area contributed by atoms with Crippen LogP contribution in [0, 0.1) is 5.82 Å². The molecule has 1 aliphatic rings. The first-order valence-corrected chi connectivity index (χ1v) is 15.0. The second kappa shape index (κ2) is 13.3. The Balaban J connectivity index is 0.000000220. The number of pyridine rings is 2. The van der Waals surface area contributed by atoms with Crippen molar-refractivity contribution in [2.24, 2.45) is 0 Å². The number of hydrogen-bond donors (Lipinski definition) is 2. The molecule has 7 nitrogen and oxygen atoms in total. The zero-order chi connectivity index (χ0) is 30.5. The van der Waals surface area contributed by atoms with Gasteiger partial charge in [0.15, 0.2) is 0 Å². The van der Waals surface area contributed by atoms with Gasteiger partial charge in [0.1, 0.15) is 17.2 Å². The Bertz CT molecular complexity index is 1950. The van der Waals surface area contributed by atoms with Crippen molar-refractivity contribution in [1.29, 1.82) is 0 Å². The number of nitrogens with zero attached hydrogens (tertiary/aromatic N) is 3. The first-order chi connectivity index (χ1) is 21.4. The third-order valence-electron chi connectivity index (χ3n) is 8.05. The molecular weight excluding hydrogens is 577 g/mol. The number of rotatable bonds is 6. The van der Waals surface area contributed by atoms with Gasteiger partial charge >= 0.3 is 0 Å². The molecule has 0 aliphatic carbocycles. The number of nitrogens with one attached hydrogen (secondary N) is 2. The molecule has 1 fully saturated rings. The van der Waals surface area contributed by atoms with Gasteiger partial charge in [-0.1, -0.05) is 48.5 Å². The number of amides is 1. The van der Waals surface area contributed by atoms with Crippen molar-refractivity contribution in [1.82, 2.24) is 25.2 Å². The lowest BCUT2D eigenvalue weighted by molar-refractivity contribution is 0.0940. The molecule has 3 aromatic heterocycles. The van der Waals surface area contributed by atoms with Crippen molar-refractivity contribution in [3.8, 4) is 0 Å². The molecule has 6 aromatic rings. The summed E-state index contributed by atoms with van der Waals surface area (Å²) in [6.07, 6.45) is 4.15. The molecule has 0 unspecified atom stereocenters. The fraction of sp³-hybridized carbons (Fsp3) is 0.200. The second-order valence-corrected chi connectivity index (χ2v) is 11.2. The van der Waals surface area contributed by atoms with E-state index in [0.29, 0.717) is 23.9 Å². The monoisotopic (exact) mass is 607 g/mol. The molecule has 0 radical (unpaired) electrons. The number of H-pyrrole nitrogens is 1. The van der Waals surface area contributed by atoms with Crippen LogP contribution in [0.25, 0.3) is 32.7 Å². The molecule has 0 spiro atoms. The van der Waals surface area contributed by atoms with Crippen LogP contribution in [0.5, 0.6) is 0 Å². The summed E-state index contributed by atoms with van der Waals surface area (Å²) in [5.74, 6) is 0.134. The molecule has 3 aromatic carbocycles. The highest BCUT2D eigenvalue weighted by Gasteiger charge is 2.23. The predicted octanol–water partition coefficient (Wildman–Crippen LogP) is 7.08. The molecule has 1 saturated heterocycles. The van der Waals surface area contributed by atoms with Gasteiger partial charge < -0.3 is 15.2 Å². The maximum atomic E-state index is 13.4. The van der Waals surface area contributed by atoms with Crippen LogP contribution in [0.2, 0.25) is 0 Å². The Morgan fingerprint density at radius 1 is 0.864 bits per heavy atom. The van der Waals surface area contributed by atoms with E-state index in [1.165, 1.54) is 11.6 Å². The minimum atomic E-state index is -0.522. The Morgan fingerprint density at radius 3 is 2.18 bits per heavy atom. The van der Waals surface area contributed by atoms with Crippen LogP contribution in [0.15, 0.2) is 97.2 Å². The number of benzene rings is 3. The zero-order valence-electron chi connectivity index (χ0n) is 24.0. The highest BCUT2D eigenvalue weighted by Crippen LogP contribution is 2.33. The molecular formula is C35H31ClFN5O2. The molecule has 1 aliphatic heterocycles. The summed E-state index contributed by atoms with van der Waals surface area (Å²) in [6, 6.07) is 27.5. The molecule has 2 N–H and O–H groups in total. The largest absolute Gasteiger partial charge is 0.361 e. The van der Waals surface area contributed by atoms with Gasteiger partial charge in [-0.25, -0.2) is 14.4 Å². The standard InChI is InChI=1S/C25H25FN4O.C10H6ClNO/c26-19-6-7-20-21(16-28-24(20)15-19)17-9-12-30(13-10-17)14-11-27-25(31)23-8-5-18-3-1-2-4-22(18)29-23;11-10(13)9-6-5-7-3-1-2-4-8(7)12-9/h1-8,15-17,28H,9-14H2,(H,27,31);1-6H. The van der Waals surface area contributed by atoms with E-state index in [1.807, 2.05) is 72.9 Å². The van der Waals surface area contributed by atoms with Gasteiger partial charge in [0.05, 0.1) is 11.0 Å². The normalized spacial score (nSPS) is 14.0. The lowest BCUT2D eigenvalue weighted by Crippen LogP contribution is -2.39. The zero-order valence-corrected chi connectivity index (χ0v) is 24.7. The molecule has 7 rings (SSSR count). The van der Waals surface area contributed by atoms with Gasteiger partial charge in [-0.15, -0.1) is 0 Å². The van der Waals surface area contributed by atoms with Gasteiger partial charge in [0.2, 0.25) is 0 Å². The Labute approximate surface area is 259 Å². The summed E-state index contributed by atoms with van der Waals surface area (Å²) in [6.45, 7) is 3.40. The average Bonchev–Trinajstić information content (AvgIpc) is 3.48. The molecule has 1 amide bonds. The summed E-state index contributed by atoms with van der Waals surface area (Å²) in [4.78, 5) is 37.4. The van der Waals surface area contributed by atoms with Gasteiger partial charge in [-0.05, 0) is 91.5 Å². The smallest absolute Gasteiger partial charge is 0.270 e. The lowest BCUT2D eigenvalue weighted by Gasteiger charge is -2.31. The molecule has 4 heterocycles. The number of piperidine rings is 1. The van der Waals surface area contributed by atoms with E-state index < -0.39 is 5.24 Å². The van der Waals surface area contributed by atoms with Crippen LogP contribution >= 0.6 is 11.6 Å². The van der Waals surface area contributed by atoms with E-state index in [2.05, 4.69) is 25.2 Å². The number of carbonyl (C=O) groups excluding carboxylic acids is 2. The van der Waals surface area contributed by atoms with Crippen LogP contribution in [0.4, 0.5) is 4.39 Å². The number of likely N-dealkylation sites (tertiary alicyclic amines) is 1. The van der Waals surface area contributed by atoms with Gasteiger partial charge in [-0.2, -0.15) is 0 Å². The summed E-state index contributed by atoms with van der Waals surface area (Å²) in [5, 5.41) is 5.63. The van der Waals surface area contributed by atoms with Gasteiger partial charge in [0.25, 0.3) is 11.1 Å². The minimum Gasteiger partial charge on any atom is -0.361 e. The Morgan fingerprint density at radius 2 is 1.50 bits per heavy atom. The second-order valence-electron chi connectivity index (χ2n) is 10.9. The number of hydrogen-bond acceptors (Lipinski definition) is 5. The molecule has 44 heavy (non-hydrogen) atoms. The van der Waals surface area contributed by atoms with Crippen LogP contribution < -0.4 is 5.32 Å². The van der Waals surface area contributed by atoms with Crippen molar-refractivity contribution < 1.29 is 14.0 Å². The quantitative estimate of drug-likeness (QED) is 0.198. The van der Waals surface area contributed by atoms with E-state index in [-0.39, 0.29) is 11.7 Å². The van der Waals surface area contributed by atoms with Crippen molar-refractivity contribution >= 4 is 55.5 Å². The maximum absolute atomic E-state index is 13.4. The number of carbonyl (C=O) groups is 2. The number of aromatic amines is 1. The Hall–Kier alpha value is -4.66. The van der Waals surface area contributed by atoms with E-state index in [0.717, 1.165) is 65.2 Å². The van der Waals surface area contributed by atoms with Crippen LogP contribution in [0.1, 0.15) is 45.3 Å². The number of aromatic nitrogens is 3. The third-order valence-corrected chi connectivity index (χ3v) is 8.24. The number of halogens is 2. The Kier molecular flexibility index (Phi) is 8.91. The fourth-order valence-electron chi connectivity index (χ4n) is 5.71. The van der Waals surface area contributed by atoms with Crippen molar-refractivity contribution in [3.05, 3.63) is 120 Å². The van der Waals surface area contributed by atoms with Gasteiger partial charge in [-0.3, -0.25) is 9.59 Å². The summed E-state index contributed by atoms with van der Waals surface area (Å²) >= 11 is 5.30.